The first-order valence-electron chi connectivity index (χ1n) is 12.4. The van der Waals surface area contributed by atoms with Crippen LogP contribution in [0.15, 0.2) is 17.1 Å². The smallest absolute Gasteiger partial charge is 0.390 e. The van der Waals surface area contributed by atoms with Crippen LogP contribution in [0, 0.1) is 0 Å². The number of anilines is 1. The third kappa shape index (κ3) is 13.7. The van der Waals surface area contributed by atoms with Gasteiger partial charge in [-0.2, -0.15) is 9.29 Å². The Morgan fingerprint density at radius 2 is 1.62 bits per heavy atom. The van der Waals surface area contributed by atoms with Crippen LogP contribution in [0.1, 0.15) is 83.8 Å². The molecule has 0 radical (unpaired) electrons. The first-order valence-corrected chi connectivity index (χ1v) is 15.4. The average Bonchev–Trinajstić information content (AvgIpc) is 3.15. The van der Waals surface area contributed by atoms with Crippen molar-refractivity contribution in [2.45, 2.75) is 96.0 Å². The van der Waals surface area contributed by atoms with Crippen LogP contribution in [0.3, 0.4) is 0 Å². The molecule has 0 bridgehead atoms. The molecule has 1 aromatic heterocycles. The van der Waals surface area contributed by atoms with E-state index in [2.05, 4.69) is 16.2 Å². The van der Waals surface area contributed by atoms with Crippen molar-refractivity contribution in [1.29, 1.82) is 0 Å². The van der Waals surface area contributed by atoms with Gasteiger partial charge in [-0.3, -0.25) is 13.6 Å². The van der Waals surface area contributed by atoms with Gasteiger partial charge in [0.25, 0.3) is 0 Å². The standard InChI is InChI=1S/C21H39N3O10P2.Na/c1-2-3-4-5-6-7-8-9-10-11-14-31-35(27,28)34-36(29,30)32-16-18-17(25)15-20(33-18)24-13-12-19(22)23-21(24)26;/h12-13,17-18,20,25H,2-11,14-16H2,1H3,(H,27,28)(H,29,30)(H2,22,23,26);/q;+1. The largest absolute Gasteiger partial charge is 1.00 e. The molecule has 0 amide bonds. The molecular formula is C21H39N3NaO10P2+. The zero-order chi connectivity index (χ0) is 26.6. The van der Waals surface area contributed by atoms with Gasteiger partial charge in [-0.15, -0.1) is 0 Å². The fourth-order valence-corrected chi connectivity index (χ4v) is 5.91. The molecule has 2 heterocycles. The van der Waals surface area contributed by atoms with Gasteiger partial charge in [-0.25, -0.2) is 13.9 Å². The Labute approximate surface area is 239 Å². The maximum absolute atomic E-state index is 12.1. The molecule has 37 heavy (non-hydrogen) atoms. The number of aromatic nitrogens is 2. The topological polar surface area (TPSA) is 193 Å². The Kier molecular flexibility index (Phi) is 16.5. The number of nitrogen functional groups attached to an aromatic ring is 1. The molecule has 1 aromatic rings. The quantitative estimate of drug-likeness (QED) is 0.108. The van der Waals surface area contributed by atoms with E-state index in [1.807, 2.05) is 0 Å². The Morgan fingerprint density at radius 1 is 1.05 bits per heavy atom. The zero-order valence-corrected chi connectivity index (χ0v) is 25.4. The molecule has 1 aliphatic heterocycles. The molecule has 2 rings (SSSR count). The van der Waals surface area contributed by atoms with Crippen LogP contribution in [-0.4, -0.2) is 49.9 Å². The van der Waals surface area contributed by atoms with E-state index in [0.717, 1.165) is 30.3 Å². The van der Waals surface area contributed by atoms with Crippen LogP contribution in [0.25, 0.3) is 0 Å². The predicted octanol–water partition coefficient (Wildman–Crippen LogP) is 0.649. The Bertz CT molecular complexity index is 953. The third-order valence-electron chi connectivity index (χ3n) is 5.73. The van der Waals surface area contributed by atoms with Crippen LogP contribution in [0.5, 0.6) is 0 Å². The second-order valence-corrected chi connectivity index (χ2v) is 11.8. The van der Waals surface area contributed by atoms with Gasteiger partial charge >= 0.3 is 50.9 Å². The van der Waals surface area contributed by atoms with Crippen LogP contribution < -0.4 is 41.0 Å². The van der Waals surface area contributed by atoms with E-state index in [1.165, 1.54) is 44.4 Å². The number of hydrogen-bond donors (Lipinski definition) is 4. The van der Waals surface area contributed by atoms with Crippen molar-refractivity contribution in [3.8, 4) is 0 Å². The van der Waals surface area contributed by atoms with E-state index in [0.29, 0.717) is 6.42 Å². The zero-order valence-electron chi connectivity index (χ0n) is 21.6. The first-order chi connectivity index (χ1) is 17.0. The number of hydrogen-bond acceptors (Lipinski definition) is 10. The van der Waals surface area contributed by atoms with E-state index in [1.54, 1.807) is 0 Å². The first kappa shape index (κ1) is 34.9. The minimum atomic E-state index is -5.01. The predicted molar refractivity (Wildman–Crippen MR) is 132 cm³/mol. The number of aliphatic hydroxyl groups excluding tert-OH is 1. The second-order valence-electron chi connectivity index (χ2n) is 8.80. The third-order valence-corrected chi connectivity index (χ3v) is 8.36. The van der Waals surface area contributed by atoms with Gasteiger partial charge in [-0.1, -0.05) is 64.7 Å². The molecule has 16 heteroatoms. The number of unbranched alkanes of at least 4 members (excludes halogenated alkanes) is 9. The molecule has 0 spiro atoms. The van der Waals surface area contributed by atoms with E-state index in [9.17, 15) is 28.8 Å². The van der Waals surface area contributed by atoms with Crippen molar-refractivity contribution in [2.24, 2.45) is 0 Å². The van der Waals surface area contributed by atoms with Gasteiger partial charge in [0.05, 0.1) is 19.3 Å². The molecule has 0 saturated carbocycles. The van der Waals surface area contributed by atoms with Crippen molar-refractivity contribution >= 4 is 21.5 Å². The van der Waals surface area contributed by atoms with Crippen LogP contribution >= 0.6 is 15.6 Å². The molecule has 5 N–H and O–H groups in total. The van der Waals surface area contributed by atoms with E-state index < -0.39 is 46.4 Å². The van der Waals surface area contributed by atoms with Gasteiger partial charge in [-0.05, 0) is 12.5 Å². The van der Waals surface area contributed by atoms with Gasteiger partial charge < -0.3 is 25.4 Å². The normalized spacial score (nSPS) is 22.8. The van der Waals surface area contributed by atoms with Crippen LogP contribution in [-0.2, 0) is 27.2 Å². The monoisotopic (exact) mass is 578 g/mol. The molecule has 208 valence electrons. The fourth-order valence-electron chi connectivity index (χ4n) is 3.80. The Morgan fingerprint density at radius 3 is 2.22 bits per heavy atom. The summed E-state index contributed by atoms with van der Waals surface area (Å²) in [6, 6.07) is 1.38. The molecule has 13 nitrogen and oxygen atoms in total. The van der Waals surface area contributed by atoms with E-state index >= 15 is 0 Å². The number of phosphoric ester groups is 2. The number of phosphoric acid groups is 2. The van der Waals surface area contributed by atoms with E-state index in [4.69, 9.17) is 19.5 Å². The summed E-state index contributed by atoms with van der Waals surface area (Å²) in [4.78, 5) is 35.1. The number of nitrogens with two attached hydrogens (primary N) is 1. The minimum absolute atomic E-state index is 0. The molecule has 0 aromatic carbocycles. The van der Waals surface area contributed by atoms with Crippen LogP contribution in [0.2, 0.25) is 0 Å². The Hall–Kier alpha value is -0.140. The molecular weight excluding hydrogens is 539 g/mol. The molecule has 1 fully saturated rings. The second kappa shape index (κ2) is 17.5. The summed E-state index contributed by atoms with van der Waals surface area (Å²) in [6.07, 6.45) is 8.92. The van der Waals surface area contributed by atoms with Crippen molar-refractivity contribution in [3.63, 3.8) is 0 Å². The van der Waals surface area contributed by atoms with Gasteiger partial charge in [0, 0.05) is 12.6 Å². The molecule has 1 aliphatic rings. The molecule has 1 saturated heterocycles. The SMILES string of the molecule is CCCCCCCCCCCCOP(=O)(O)OP(=O)(O)OCC1OC(n2ccc(N)nc2=O)CC1O.[Na+]. The minimum Gasteiger partial charge on any atom is -0.390 e. The summed E-state index contributed by atoms with van der Waals surface area (Å²) in [5, 5.41) is 10.2. The van der Waals surface area contributed by atoms with Crippen molar-refractivity contribution in [1.82, 2.24) is 9.55 Å². The summed E-state index contributed by atoms with van der Waals surface area (Å²) in [5.41, 5.74) is 4.76. The number of aliphatic hydroxyl groups is 1. The number of ether oxygens (including phenoxy) is 1. The van der Waals surface area contributed by atoms with E-state index in [-0.39, 0.29) is 48.4 Å². The maximum atomic E-state index is 12.1. The van der Waals surface area contributed by atoms with Crippen molar-refractivity contribution < 1.29 is 71.7 Å². The van der Waals surface area contributed by atoms with Gasteiger partial charge in [0.1, 0.15) is 18.1 Å². The molecule has 5 unspecified atom stereocenters. The fraction of sp³-hybridized carbons (Fsp3) is 0.810. The summed E-state index contributed by atoms with van der Waals surface area (Å²) in [7, 11) is -9.86. The molecule has 0 aliphatic carbocycles. The average molecular weight is 578 g/mol. The Balaban J connectivity index is 0.00000684. The van der Waals surface area contributed by atoms with Crippen LogP contribution in [0.4, 0.5) is 5.82 Å². The summed E-state index contributed by atoms with van der Waals surface area (Å²) in [6.45, 7) is 1.44. The van der Waals surface area contributed by atoms with Gasteiger partial charge in [0.2, 0.25) is 0 Å². The maximum Gasteiger partial charge on any atom is 1.00 e. The summed E-state index contributed by atoms with van der Waals surface area (Å²) < 4.78 is 44.6. The summed E-state index contributed by atoms with van der Waals surface area (Å²) in [5.74, 6) is 0.0249. The number of rotatable bonds is 18. The van der Waals surface area contributed by atoms with Gasteiger partial charge in [0.15, 0.2) is 0 Å². The molecule has 5 atom stereocenters. The van der Waals surface area contributed by atoms with Crippen molar-refractivity contribution in [3.05, 3.63) is 22.7 Å². The summed E-state index contributed by atoms with van der Waals surface area (Å²) >= 11 is 0. The van der Waals surface area contributed by atoms with Crippen molar-refractivity contribution in [2.75, 3.05) is 18.9 Å². The number of nitrogens with zero attached hydrogens (tertiary/aromatic N) is 2.